The van der Waals surface area contributed by atoms with Gasteiger partial charge in [0.25, 0.3) is 0 Å². The van der Waals surface area contributed by atoms with Gasteiger partial charge in [0, 0.05) is 19.1 Å². The van der Waals surface area contributed by atoms with Crippen molar-refractivity contribution in [3.63, 3.8) is 0 Å². The summed E-state index contributed by atoms with van der Waals surface area (Å²) in [6.45, 7) is 3.32. The summed E-state index contributed by atoms with van der Waals surface area (Å²) in [5, 5.41) is 9.16. The van der Waals surface area contributed by atoms with E-state index >= 15 is 0 Å². The van der Waals surface area contributed by atoms with E-state index in [1.54, 1.807) is 0 Å². The molecule has 0 radical (unpaired) electrons. The van der Waals surface area contributed by atoms with Gasteiger partial charge >= 0.3 is 6.03 Å². The van der Waals surface area contributed by atoms with E-state index in [0.717, 1.165) is 17.7 Å². The Morgan fingerprint density at radius 3 is 2.46 bits per heavy atom. The third kappa shape index (κ3) is 7.04. The molecule has 1 aliphatic carbocycles. The van der Waals surface area contributed by atoms with Crippen molar-refractivity contribution in [3.05, 3.63) is 35.4 Å². The van der Waals surface area contributed by atoms with Crippen LogP contribution in [0.1, 0.15) is 62.1 Å². The van der Waals surface area contributed by atoms with Gasteiger partial charge in [0.05, 0.1) is 12.5 Å². The van der Waals surface area contributed by atoms with Crippen LogP contribution >= 0.6 is 0 Å². The van der Waals surface area contributed by atoms with Gasteiger partial charge in [0.1, 0.15) is 0 Å². The predicted molar refractivity (Wildman–Crippen MR) is 104 cm³/mol. The molecule has 1 saturated carbocycles. The Morgan fingerprint density at radius 2 is 1.81 bits per heavy atom. The highest BCUT2D eigenvalue weighted by Crippen LogP contribution is 2.20. The number of aryl methyl sites for hydroxylation is 1. The summed E-state index contributed by atoms with van der Waals surface area (Å²) in [5.74, 6) is -0.0883. The van der Waals surface area contributed by atoms with Crippen LogP contribution in [-0.2, 0) is 4.79 Å². The predicted octanol–water partition coefficient (Wildman–Crippen LogP) is 2.52. The van der Waals surface area contributed by atoms with E-state index in [-0.39, 0.29) is 12.3 Å². The molecule has 1 unspecified atom stereocenters. The number of hydrogen-bond acceptors (Lipinski definition) is 3. The van der Waals surface area contributed by atoms with Gasteiger partial charge in [-0.15, -0.1) is 0 Å². The van der Waals surface area contributed by atoms with Crippen LogP contribution in [0.4, 0.5) is 4.79 Å². The molecule has 6 nitrogen and oxygen atoms in total. The topological polar surface area (TPSA) is 96.2 Å². The van der Waals surface area contributed by atoms with Gasteiger partial charge in [0.15, 0.2) is 0 Å². The lowest BCUT2D eigenvalue weighted by Gasteiger charge is -2.20. The molecule has 0 aliphatic heterocycles. The van der Waals surface area contributed by atoms with Gasteiger partial charge in [-0.1, -0.05) is 49.9 Å². The van der Waals surface area contributed by atoms with Crippen molar-refractivity contribution in [1.82, 2.24) is 16.0 Å². The van der Waals surface area contributed by atoms with E-state index in [1.165, 1.54) is 38.5 Å². The minimum absolute atomic E-state index is 0.0883. The molecule has 144 valence electrons. The van der Waals surface area contributed by atoms with Crippen molar-refractivity contribution in [2.45, 2.75) is 64.0 Å². The fourth-order valence-electron chi connectivity index (χ4n) is 3.61. The smallest absolute Gasteiger partial charge is 0.312 e. The Balaban J connectivity index is 1.77. The summed E-state index contributed by atoms with van der Waals surface area (Å²) >= 11 is 0. The van der Waals surface area contributed by atoms with Crippen LogP contribution in [0.2, 0.25) is 0 Å². The molecule has 1 aromatic carbocycles. The first kappa shape index (κ1) is 20.2. The van der Waals surface area contributed by atoms with Crippen molar-refractivity contribution < 1.29 is 9.59 Å². The van der Waals surface area contributed by atoms with Crippen molar-refractivity contribution in [2.75, 3.05) is 13.1 Å². The average molecular weight is 361 g/mol. The van der Waals surface area contributed by atoms with Crippen LogP contribution in [0, 0.1) is 6.92 Å². The molecule has 3 amide bonds. The van der Waals surface area contributed by atoms with Crippen LogP contribution in [-0.4, -0.2) is 31.1 Å². The Labute approximate surface area is 156 Å². The van der Waals surface area contributed by atoms with Crippen LogP contribution < -0.4 is 21.7 Å². The number of carbonyl (C=O) groups excluding carboxylic acids is 2. The van der Waals surface area contributed by atoms with Gasteiger partial charge in [0.2, 0.25) is 5.91 Å². The number of nitrogens with two attached hydrogens (primary N) is 1. The summed E-state index contributed by atoms with van der Waals surface area (Å²) in [6, 6.07) is 7.23. The quantitative estimate of drug-likeness (QED) is 0.424. The van der Waals surface area contributed by atoms with E-state index < -0.39 is 12.1 Å². The number of primary amides is 1. The van der Waals surface area contributed by atoms with Crippen molar-refractivity contribution in [2.24, 2.45) is 5.73 Å². The van der Waals surface area contributed by atoms with Crippen LogP contribution in [0.5, 0.6) is 0 Å². The fourth-order valence-corrected chi connectivity index (χ4v) is 3.61. The minimum atomic E-state index is -0.624. The molecule has 26 heavy (non-hydrogen) atoms. The molecular weight excluding hydrogens is 328 g/mol. The summed E-state index contributed by atoms with van der Waals surface area (Å²) in [7, 11) is 0. The maximum Gasteiger partial charge on any atom is 0.312 e. The number of amides is 3. The molecule has 1 aliphatic rings. The molecule has 6 heteroatoms. The van der Waals surface area contributed by atoms with E-state index in [0.29, 0.717) is 12.6 Å². The highest BCUT2D eigenvalue weighted by atomic mass is 16.2. The summed E-state index contributed by atoms with van der Waals surface area (Å²) in [5.41, 5.74) is 7.22. The Bertz CT molecular complexity index is 583. The van der Waals surface area contributed by atoms with Gasteiger partial charge in [-0.2, -0.15) is 0 Å². The molecular formula is C20H32N4O2. The fraction of sp³-hybridized carbons (Fsp3) is 0.600. The van der Waals surface area contributed by atoms with Crippen molar-refractivity contribution in [1.29, 1.82) is 0 Å². The average Bonchev–Trinajstić information content (AvgIpc) is 2.87. The molecule has 1 aromatic rings. The van der Waals surface area contributed by atoms with Crippen molar-refractivity contribution >= 4 is 11.9 Å². The third-order valence-corrected chi connectivity index (χ3v) is 5.01. The first-order chi connectivity index (χ1) is 12.6. The Hall–Kier alpha value is -2.08. The zero-order valence-corrected chi connectivity index (χ0v) is 15.7. The SMILES string of the molecule is Cc1ccccc1C(CC(=O)NCCNC1CCCCCC1)NC(N)=O. The van der Waals surface area contributed by atoms with Gasteiger partial charge in [-0.3, -0.25) is 4.79 Å². The van der Waals surface area contributed by atoms with Crippen LogP contribution in [0.3, 0.4) is 0 Å². The molecule has 1 atom stereocenters. The lowest BCUT2D eigenvalue weighted by atomic mass is 9.98. The number of rotatable bonds is 8. The number of urea groups is 1. The first-order valence-electron chi connectivity index (χ1n) is 9.68. The van der Waals surface area contributed by atoms with E-state index in [9.17, 15) is 9.59 Å². The second-order valence-electron chi connectivity index (χ2n) is 7.11. The van der Waals surface area contributed by atoms with Gasteiger partial charge in [-0.25, -0.2) is 4.79 Å². The highest BCUT2D eigenvalue weighted by molar-refractivity contribution is 5.78. The Kier molecular flexibility index (Phi) is 8.41. The van der Waals surface area contributed by atoms with Gasteiger partial charge in [-0.05, 0) is 30.9 Å². The molecule has 0 aromatic heterocycles. The zero-order chi connectivity index (χ0) is 18.8. The third-order valence-electron chi connectivity index (χ3n) is 5.01. The second-order valence-corrected chi connectivity index (χ2v) is 7.11. The lowest BCUT2D eigenvalue weighted by Crippen LogP contribution is -2.39. The lowest BCUT2D eigenvalue weighted by molar-refractivity contribution is -0.121. The molecule has 2 rings (SSSR count). The second kappa shape index (κ2) is 10.8. The number of benzene rings is 1. The monoisotopic (exact) mass is 360 g/mol. The number of hydrogen-bond donors (Lipinski definition) is 4. The van der Waals surface area contributed by atoms with Crippen LogP contribution in [0.25, 0.3) is 0 Å². The zero-order valence-electron chi connectivity index (χ0n) is 15.7. The number of nitrogens with one attached hydrogen (secondary N) is 3. The number of carbonyl (C=O) groups is 2. The normalized spacial score (nSPS) is 16.5. The van der Waals surface area contributed by atoms with E-state index in [2.05, 4.69) is 16.0 Å². The summed E-state index contributed by atoms with van der Waals surface area (Å²) < 4.78 is 0. The molecule has 1 fully saturated rings. The first-order valence-corrected chi connectivity index (χ1v) is 9.68. The molecule has 0 heterocycles. The van der Waals surface area contributed by atoms with E-state index in [1.807, 2.05) is 31.2 Å². The molecule has 5 N–H and O–H groups in total. The molecule has 0 saturated heterocycles. The maximum absolute atomic E-state index is 12.3. The maximum atomic E-state index is 12.3. The standard InChI is InChI=1S/C20H32N4O2/c1-15-8-6-7-11-17(15)18(24-20(21)26)14-19(25)23-13-12-22-16-9-4-2-3-5-10-16/h6-8,11,16,18,22H,2-5,9-10,12-14H2,1H3,(H,23,25)(H3,21,24,26). The van der Waals surface area contributed by atoms with Crippen LogP contribution in [0.15, 0.2) is 24.3 Å². The minimum Gasteiger partial charge on any atom is -0.355 e. The summed E-state index contributed by atoms with van der Waals surface area (Å²) in [4.78, 5) is 23.6. The highest BCUT2D eigenvalue weighted by Gasteiger charge is 2.19. The molecule has 0 bridgehead atoms. The van der Waals surface area contributed by atoms with Gasteiger partial charge < -0.3 is 21.7 Å². The Morgan fingerprint density at radius 1 is 1.12 bits per heavy atom. The summed E-state index contributed by atoms with van der Waals surface area (Å²) in [6.07, 6.45) is 7.89. The van der Waals surface area contributed by atoms with E-state index in [4.69, 9.17) is 5.73 Å². The molecule has 0 spiro atoms. The largest absolute Gasteiger partial charge is 0.355 e. The van der Waals surface area contributed by atoms with Crippen molar-refractivity contribution in [3.8, 4) is 0 Å².